The van der Waals surface area contributed by atoms with Crippen LogP contribution in [0, 0.1) is 5.41 Å². The first-order valence-electron chi connectivity index (χ1n) is 5.58. The molecule has 0 radical (unpaired) electrons. The van der Waals surface area contributed by atoms with Gasteiger partial charge in [0.1, 0.15) is 0 Å². The Balaban J connectivity index is 3.98. The predicted molar refractivity (Wildman–Crippen MR) is 65.7 cm³/mol. The summed E-state index contributed by atoms with van der Waals surface area (Å²) in [6.07, 6.45) is 0.793. The molecule has 5 nitrogen and oxygen atoms in total. The van der Waals surface area contributed by atoms with Crippen molar-refractivity contribution >= 4 is 10.0 Å². The number of ether oxygens (including phenoxy) is 1. The molecule has 0 aliphatic rings. The number of nitrogens with two attached hydrogens (primary N) is 1. The second-order valence-corrected chi connectivity index (χ2v) is 6.47. The van der Waals surface area contributed by atoms with Crippen LogP contribution in [0.5, 0.6) is 0 Å². The Bertz CT molecular complexity index is 276. The van der Waals surface area contributed by atoms with Crippen molar-refractivity contribution in [2.24, 2.45) is 11.1 Å². The van der Waals surface area contributed by atoms with Crippen LogP contribution in [0.4, 0.5) is 0 Å². The zero-order valence-corrected chi connectivity index (χ0v) is 11.3. The smallest absolute Gasteiger partial charge is 0.213 e. The van der Waals surface area contributed by atoms with E-state index in [4.69, 9.17) is 10.5 Å². The first-order chi connectivity index (χ1) is 7.33. The standard InChI is InChI=1S/C10H24N2O3S/c1-4-15-7-8-16(13,14)12-9-10(2,3)5-6-11/h12H,4-9,11H2,1-3H3. The number of rotatable bonds is 9. The van der Waals surface area contributed by atoms with Crippen molar-refractivity contribution in [2.45, 2.75) is 27.2 Å². The van der Waals surface area contributed by atoms with Gasteiger partial charge in [0.15, 0.2) is 0 Å². The van der Waals surface area contributed by atoms with E-state index in [1.165, 1.54) is 0 Å². The van der Waals surface area contributed by atoms with Crippen LogP contribution in [0.3, 0.4) is 0 Å². The van der Waals surface area contributed by atoms with E-state index >= 15 is 0 Å². The van der Waals surface area contributed by atoms with Gasteiger partial charge in [-0.15, -0.1) is 0 Å². The van der Waals surface area contributed by atoms with Gasteiger partial charge in [-0.25, -0.2) is 13.1 Å². The molecule has 0 bridgehead atoms. The van der Waals surface area contributed by atoms with E-state index in [-0.39, 0.29) is 17.8 Å². The maximum Gasteiger partial charge on any atom is 0.213 e. The molecule has 0 unspecified atom stereocenters. The fourth-order valence-electron chi connectivity index (χ4n) is 1.17. The Morgan fingerprint density at radius 1 is 1.38 bits per heavy atom. The lowest BCUT2D eigenvalue weighted by atomic mass is 9.90. The molecule has 0 aliphatic carbocycles. The third kappa shape index (κ3) is 8.04. The Labute approximate surface area is 98.8 Å². The van der Waals surface area contributed by atoms with Crippen LogP contribution in [0.25, 0.3) is 0 Å². The summed E-state index contributed by atoms with van der Waals surface area (Å²) < 4.78 is 30.7. The van der Waals surface area contributed by atoms with E-state index in [2.05, 4.69) is 4.72 Å². The minimum absolute atomic E-state index is 0.0134. The van der Waals surface area contributed by atoms with E-state index in [0.29, 0.717) is 19.7 Å². The minimum atomic E-state index is -3.22. The van der Waals surface area contributed by atoms with Crippen molar-refractivity contribution in [3.63, 3.8) is 0 Å². The second kappa shape index (κ2) is 7.21. The van der Waals surface area contributed by atoms with Crippen LogP contribution >= 0.6 is 0 Å². The Hall–Kier alpha value is -0.170. The average Bonchev–Trinajstić information content (AvgIpc) is 2.16. The third-order valence-electron chi connectivity index (χ3n) is 2.29. The van der Waals surface area contributed by atoms with Crippen molar-refractivity contribution in [1.82, 2.24) is 4.72 Å². The molecule has 0 amide bonds. The summed E-state index contributed by atoms with van der Waals surface area (Å²) >= 11 is 0. The molecule has 16 heavy (non-hydrogen) atoms. The molecule has 6 heteroatoms. The molecule has 98 valence electrons. The normalized spacial score (nSPS) is 13.0. The summed E-state index contributed by atoms with van der Waals surface area (Å²) in [5, 5.41) is 0. The summed E-state index contributed by atoms with van der Waals surface area (Å²) in [6, 6.07) is 0. The Morgan fingerprint density at radius 3 is 2.50 bits per heavy atom. The lowest BCUT2D eigenvalue weighted by molar-refractivity contribution is 0.163. The number of nitrogens with one attached hydrogen (secondary N) is 1. The SMILES string of the molecule is CCOCCS(=O)(=O)NCC(C)(C)CCN. The van der Waals surface area contributed by atoms with Gasteiger partial charge in [0.2, 0.25) is 10.0 Å². The second-order valence-electron chi connectivity index (χ2n) is 4.54. The highest BCUT2D eigenvalue weighted by atomic mass is 32.2. The first kappa shape index (κ1) is 15.8. The van der Waals surface area contributed by atoms with E-state index in [1.54, 1.807) is 0 Å². The van der Waals surface area contributed by atoms with Crippen LogP contribution in [0.1, 0.15) is 27.2 Å². The van der Waals surface area contributed by atoms with Gasteiger partial charge in [-0.05, 0) is 25.3 Å². The van der Waals surface area contributed by atoms with Gasteiger partial charge in [0.05, 0.1) is 12.4 Å². The van der Waals surface area contributed by atoms with Gasteiger partial charge in [-0.1, -0.05) is 13.8 Å². The quantitative estimate of drug-likeness (QED) is 0.579. The molecule has 0 spiro atoms. The first-order valence-corrected chi connectivity index (χ1v) is 7.23. The molecule has 0 saturated carbocycles. The fourth-order valence-corrected chi connectivity index (χ4v) is 2.26. The van der Waals surface area contributed by atoms with Crippen LogP contribution in [0.15, 0.2) is 0 Å². The molecular formula is C10H24N2O3S. The molecule has 3 N–H and O–H groups in total. The highest BCUT2D eigenvalue weighted by molar-refractivity contribution is 7.89. The van der Waals surface area contributed by atoms with Crippen LogP contribution in [-0.4, -0.2) is 40.5 Å². The number of hydrogen-bond acceptors (Lipinski definition) is 4. The van der Waals surface area contributed by atoms with Crippen molar-refractivity contribution in [3.8, 4) is 0 Å². The van der Waals surface area contributed by atoms with Gasteiger partial charge in [0, 0.05) is 13.2 Å². The van der Waals surface area contributed by atoms with Crippen LogP contribution in [-0.2, 0) is 14.8 Å². The van der Waals surface area contributed by atoms with Gasteiger partial charge in [0.25, 0.3) is 0 Å². The zero-order chi connectivity index (χ0) is 12.7. The molecule has 0 fully saturated rings. The lowest BCUT2D eigenvalue weighted by Gasteiger charge is -2.24. The maximum atomic E-state index is 11.5. The highest BCUT2D eigenvalue weighted by Gasteiger charge is 2.20. The van der Waals surface area contributed by atoms with E-state index in [9.17, 15) is 8.42 Å². The monoisotopic (exact) mass is 252 g/mol. The zero-order valence-electron chi connectivity index (χ0n) is 10.5. The van der Waals surface area contributed by atoms with Crippen molar-refractivity contribution in [1.29, 1.82) is 0 Å². The highest BCUT2D eigenvalue weighted by Crippen LogP contribution is 2.17. The van der Waals surface area contributed by atoms with Gasteiger partial charge < -0.3 is 10.5 Å². The average molecular weight is 252 g/mol. The van der Waals surface area contributed by atoms with Crippen LogP contribution in [0.2, 0.25) is 0 Å². The number of sulfonamides is 1. The predicted octanol–water partition coefficient (Wildman–Crippen LogP) is 0.317. The summed E-state index contributed by atoms with van der Waals surface area (Å²) in [6.45, 7) is 7.57. The number of hydrogen-bond donors (Lipinski definition) is 2. The van der Waals surface area contributed by atoms with Crippen molar-refractivity contribution in [3.05, 3.63) is 0 Å². The maximum absolute atomic E-state index is 11.5. The van der Waals surface area contributed by atoms with Crippen LogP contribution < -0.4 is 10.5 Å². The molecular weight excluding hydrogens is 228 g/mol. The summed E-state index contributed by atoms with van der Waals surface area (Å²) in [7, 11) is -3.22. The molecule has 0 saturated heterocycles. The Morgan fingerprint density at radius 2 is 2.00 bits per heavy atom. The summed E-state index contributed by atoms with van der Waals surface area (Å²) in [5.41, 5.74) is 5.35. The largest absolute Gasteiger partial charge is 0.381 e. The minimum Gasteiger partial charge on any atom is -0.381 e. The van der Waals surface area contributed by atoms with Gasteiger partial charge in [-0.2, -0.15) is 0 Å². The van der Waals surface area contributed by atoms with E-state index in [1.807, 2.05) is 20.8 Å². The molecule has 0 rings (SSSR count). The van der Waals surface area contributed by atoms with E-state index < -0.39 is 10.0 Å². The topological polar surface area (TPSA) is 81.4 Å². The summed E-state index contributed by atoms with van der Waals surface area (Å²) in [5.74, 6) is 0.0134. The Kier molecular flexibility index (Phi) is 7.14. The molecule has 0 aromatic carbocycles. The molecule has 0 aromatic rings. The van der Waals surface area contributed by atoms with Crippen molar-refractivity contribution < 1.29 is 13.2 Å². The van der Waals surface area contributed by atoms with Crippen molar-refractivity contribution in [2.75, 3.05) is 32.1 Å². The summed E-state index contributed by atoms with van der Waals surface area (Å²) in [4.78, 5) is 0. The molecule has 0 heterocycles. The third-order valence-corrected chi connectivity index (χ3v) is 3.58. The van der Waals surface area contributed by atoms with E-state index in [0.717, 1.165) is 6.42 Å². The fraction of sp³-hybridized carbons (Fsp3) is 1.00. The molecule has 0 aromatic heterocycles. The lowest BCUT2D eigenvalue weighted by Crippen LogP contribution is -2.37. The molecule has 0 aliphatic heterocycles. The van der Waals surface area contributed by atoms with Gasteiger partial charge >= 0.3 is 0 Å². The molecule has 0 atom stereocenters. The van der Waals surface area contributed by atoms with Gasteiger partial charge in [-0.3, -0.25) is 0 Å².